The van der Waals surface area contributed by atoms with Crippen LogP contribution in [0.25, 0.3) is 0 Å². The molecule has 2 amide bonds. The van der Waals surface area contributed by atoms with Gasteiger partial charge in [0.15, 0.2) is 0 Å². The SMILES string of the molecule is O=C(Cc1ccc(Cl)cc1Cl)N1CCN(C(=O)c2ccccc2OC(F)F)CC1. The van der Waals surface area contributed by atoms with Gasteiger partial charge in [-0.05, 0) is 29.8 Å². The molecule has 0 aromatic heterocycles. The lowest BCUT2D eigenvalue weighted by Crippen LogP contribution is -2.51. The molecule has 1 saturated heterocycles. The summed E-state index contributed by atoms with van der Waals surface area (Å²) in [4.78, 5) is 28.4. The number of piperazine rings is 1. The third kappa shape index (κ3) is 5.36. The number of para-hydroxylation sites is 1. The second-order valence-electron chi connectivity index (χ2n) is 6.46. The van der Waals surface area contributed by atoms with E-state index in [1.165, 1.54) is 23.1 Å². The Morgan fingerprint density at radius 3 is 2.31 bits per heavy atom. The maximum Gasteiger partial charge on any atom is 0.387 e. The molecule has 5 nitrogen and oxygen atoms in total. The van der Waals surface area contributed by atoms with Crippen LogP contribution in [0.4, 0.5) is 8.78 Å². The topological polar surface area (TPSA) is 49.9 Å². The molecule has 1 fully saturated rings. The number of hydrogen-bond acceptors (Lipinski definition) is 3. The number of carbonyl (C=O) groups excluding carboxylic acids is 2. The van der Waals surface area contributed by atoms with Crippen LogP contribution in [0.2, 0.25) is 10.0 Å². The Morgan fingerprint density at radius 2 is 1.66 bits per heavy atom. The number of rotatable bonds is 5. The fraction of sp³-hybridized carbons (Fsp3) is 0.300. The predicted octanol–water partition coefficient (Wildman–Crippen LogP) is 4.12. The van der Waals surface area contributed by atoms with Gasteiger partial charge in [-0.2, -0.15) is 8.78 Å². The Bertz CT molecular complexity index is 903. The minimum absolute atomic E-state index is 0.0699. The average Bonchev–Trinajstić information content (AvgIpc) is 2.69. The van der Waals surface area contributed by atoms with E-state index in [-0.39, 0.29) is 23.6 Å². The van der Waals surface area contributed by atoms with Crippen molar-refractivity contribution in [2.75, 3.05) is 26.2 Å². The summed E-state index contributed by atoms with van der Waals surface area (Å²) in [6.45, 7) is -1.75. The van der Waals surface area contributed by atoms with Crippen molar-refractivity contribution < 1.29 is 23.1 Å². The zero-order chi connectivity index (χ0) is 21.0. The fourth-order valence-electron chi connectivity index (χ4n) is 3.11. The molecular formula is C20H18Cl2F2N2O3. The van der Waals surface area contributed by atoms with Crippen LogP contribution < -0.4 is 4.74 Å². The molecule has 1 heterocycles. The molecule has 9 heteroatoms. The van der Waals surface area contributed by atoms with Crippen LogP contribution in [0, 0.1) is 0 Å². The van der Waals surface area contributed by atoms with Crippen molar-refractivity contribution in [3.63, 3.8) is 0 Å². The third-order valence-electron chi connectivity index (χ3n) is 4.61. The van der Waals surface area contributed by atoms with Gasteiger partial charge in [-0.3, -0.25) is 9.59 Å². The van der Waals surface area contributed by atoms with Gasteiger partial charge in [0.05, 0.1) is 12.0 Å². The summed E-state index contributed by atoms with van der Waals surface area (Å²) in [7, 11) is 0. The minimum Gasteiger partial charge on any atom is -0.434 e. The van der Waals surface area contributed by atoms with Gasteiger partial charge >= 0.3 is 6.61 Å². The Kier molecular flexibility index (Phi) is 6.92. The lowest BCUT2D eigenvalue weighted by atomic mass is 10.1. The number of benzene rings is 2. The first-order chi connectivity index (χ1) is 13.8. The third-order valence-corrected chi connectivity index (χ3v) is 5.20. The summed E-state index contributed by atoms with van der Waals surface area (Å²) in [5, 5.41) is 0.921. The van der Waals surface area contributed by atoms with E-state index in [0.29, 0.717) is 41.8 Å². The minimum atomic E-state index is -3.02. The molecule has 154 valence electrons. The maximum atomic E-state index is 12.7. The molecule has 0 atom stereocenters. The highest BCUT2D eigenvalue weighted by molar-refractivity contribution is 6.35. The van der Waals surface area contributed by atoms with Gasteiger partial charge in [0, 0.05) is 36.2 Å². The highest BCUT2D eigenvalue weighted by Gasteiger charge is 2.27. The Labute approximate surface area is 176 Å². The summed E-state index contributed by atoms with van der Waals surface area (Å²) in [5.41, 5.74) is 0.748. The van der Waals surface area contributed by atoms with E-state index in [0.717, 1.165) is 0 Å². The van der Waals surface area contributed by atoms with Gasteiger partial charge < -0.3 is 14.5 Å². The quantitative estimate of drug-likeness (QED) is 0.699. The van der Waals surface area contributed by atoms with Crippen molar-refractivity contribution in [2.45, 2.75) is 13.0 Å². The van der Waals surface area contributed by atoms with Crippen LogP contribution >= 0.6 is 23.2 Å². The van der Waals surface area contributed by atoms with Crippen LogP contribution in [-0.2, 0) is 11.2 Å². The van der Waals surface area contributed by atoms with Gasteiger partial charge in [-0.15, -0.1) is 0 Å². The Hall–Kier alpha value is -2.38. The molecular weight excluding hydrogens is 425 g/mol. The number of halogens is 4. The van der Waals surface area contributed by atoms with E-state index < -0.39 is 12.5 Å². The van der Waals surface area contributed by atoms with E-state index >= 15 is 0 Å². The molecule has 0 saturated carbocycles. The van der Waals surface area contributed by atoms with Crippen LogP contribution in [0.1, 0.15) is 15.9 Å². The van der Waals surface area contributed by atoms with Crippen LogP contribution in [-0.4, -0.2) is 54.4 Å². The second-order valence-corrected chi connectivity index (χ2v) is 7.30. The van der Waals surface area contributed by atoms with Crippen molar-refractivity contribution in [3.8, 4) is 5.75 Å². The molecule has 0 N–H and O–H groups in total. The van der Waals surface area contributed by atoms with Gasteiger partial charge in [0.1, 0.15) is 5.75 Å². The van der Waals surface area contributed by atoms with Gasteiger partial charge in [-0.1, -0.05) is 41.4 Å². The molecule has 2 aromatic carbocycles. The first kappa shape index (κ1) is 21.3. The highest BCUT2D eigenvalue weighted by atomic mass is 35.5. The number of alkyl halides is 2. The second kappa shape index (κ2) is 9.41. The molecule has 1 aliphatic heterocycles. The number of hydrogen-bond donors (Lipinski definition) is 0. The molecule has 0 radical (unpaired) electrons. The Balaban J connectivity index is 1.60. The number of ether oxygens (including phenoxy) is 1. The van der Waals surface area contributed by atoms with E-state index in [2.05, 4.69) is 4.74 Å². The predicted molar refractivity (Wildman–Crippen MR) is 106 cm³/mol. The zero-order valence-corrected chi connectivity index (χ0v) is 16.8. The van der Waals surface area contributed by atoms with E-state index in [1.807, 2.05) is 0 Å². The highest BCUT2D eigenvalue weighted by Crippen LogP contribution is 2.24. The molecule has 0 spiro atoms. The number of amides is 2. The monoisotopic (exact) mass is 442 g/mol. The van der Waals surface area contributed by atoms with Gasteiger partial charge in [0.2, 0.25) is 5.91 Å². The largest absolute Gasteiger partial charge is 0.434 e. The maximum absolute atomic E-state index is 12.7. The number of carbonyl (C=O) groups is 2. The smallest absolute Gasteiger partial charge is 0.387 e. The molecule has 0 unspecified atom stereocenters. The molecule has 0 aliphatic carbocycles. The first-order valence-corrected chi connectivity index (χ1v) is 9.65. The lowest BCUT2D eigenvalue weighted by molar-refractivity contribution is -0.131. The number of nitrogens with zero attached hydrogens (tertiary/aromatic N) is 2. The summed E-state index contributed by atoms with van der Waals surface area (Å²) in [6, 6.07) is 10.8. The fourth-order valence-corrected chi connectivity index (χ4v) is 3.59. The molecule has 29 heavy (non-hydrogen) atoms. The van der Waals surface area contributed by atoms with E-state index in [9.17, 15) is 18.4 Å². The average molecular weight is 443 g/mol. The standard InChI is InChI=1S/C20H18Cl2F2N2O3/c21-14-6-5-13(16(22)12-14)11-18(27)25-7-9-26(10-8-25)19(28)15-3-1-2-4-17(15)29-20(23)24/h1-6,12,20H,7-11H2. The van der Waals surface area contributed by atoms with Gasteiger partial charge in [0.25, 0.3) is 5.91 Å². The first-order valence-electron chi connectivity index (χ1n) is 8.90. The van der Waals surface area contributed by atoms with Gasteiger partial charge in [-0.25, -0.2) is 0 Å². The van der Waals surface area contributed by atoms with Crippen molar-refractivity contribution in [3.05, 3.63) is 63.6 Å². The Morgan fingerprint density at radius 1 is 1.00 bits per heavy atom. The van der Waals surface area contributed by atoms with Crippen molar-refractivity contribution in [1.82, 2.24) is 9.80 Å². The lowest BCUT2D eigenvalue weighted by Gasteiger charge is -2.35. The van der Waals surface area contributed by atoms with Crippen molar-refractivity contribution in [1.29, 1.82) is 0 Å². The molecule has 1 aliphatic rings. The summed E-state index contributed by atoms with van der Waals surface area (Å²) < 4.78 is 29.6. The summed E-state index contributed by atoms with van der Waals surface area (Å²) >= 11 is 12.0. The molecule has 3 rings (SSSR count). The normalized spacial score (nSPS) is 14.2. The van der Waals surface area contributed by atoms with Crippen LogP contribution in [0.15, 0.2) is 42.5 Å². The van der Waals surface area contributed by atoms with Crippen molar-refractivity contribution >= 4 is 35.0 Å². The van der Waals surface area contributed by atoms with Crippen LogP contribution in [0.5, 0.6) is 5.75 Å². The van der Waals surface area contributed by atoms with E-state index in [4.69, 9.17) is 23.2 Å². The molecule has 0 bridgehead atoms. The van der Waals surface area contributed by atoms with E-state index in [1.54, 1.807) is 29.2 Å². The van der Waals surface area contributed by atoms with Crippen molar-refractivity contribution in [2.24, 2.45) is 0 Å². The molecule has 2 aromatic rings. The summed E-state index contributed by atoms with van der Waals surface area (Å²) in [6.07, 6.45) is 0.134. The van der Waals surface area contributed by atoms with Crippen LogP contribution in [0.3, 0.4) is 0 Å². The summed E-state index contributed by atoms with van der Waals surface area (Å²) in [5.74, 6) is -0.680. The zero-order valence-electron chi connectivity index (χ0n) is 15.3.